The average molecular weight is 446 g/mol. The van der Waals surface area contributed by atoms with E-state index in [1.165, 1.54) is 0 Å². The molecule has 0 amide bonds. The summed E-state index contributed by atoms with van der Waals surface area (Å²) < 4.78 is 16.9. The second-order valence-electron chi connectivity index (χ2n) is 9.48. The molecule has 2 aromatic carbocycles. The Hall–Kier alpha value is -3.54. The van der Waals surface area contributed by atoms with Crippen LogP contribution in [0, 0.1) is 5.41 Å². The first kappa shape index (κ1) is 21.3. The summed E-state index contributed by atoms with van der Waals surface area (Å²) in [7, 11) is 4.67. The highest BCUT2D eigenvalue weighted by Crippen LogP contribution is 2.54. The molecule has 2 aliphatic carbocycles. The van der Waals surface area contributed by atoms with E-state index in [9.17, 15) is 9.59 Å². The van der Waals surface area contributed by atoms with E-state index in [0.29, 0.717) is 52.4 Å². The van der Waals surface area contributed by atoms with E-state index in [1.807, 2.05) is 30.3 Å². The van der Waals surface area contributed by atoms with Gasteiger partial charge in [0.1, 0.15) is 0 Å². The topological polar surface area (TPSA) is 73.9 Å². The first-order valence-electron chi connectivity index (χ1n) is 11.0. The van der Waals surface area contributed by atoms with Crippen LogP contribution >= 0.6 is 0 Å². The highest BCUT2D eigenvalue weighted by Gasteiger charge is 2.47. The van der Waals surface area contributed by atoms with Crippen LogP contribution in [0.1, 0.15) is 54.1 Å². The highest BCUT2D eigenvalue weighted by molar-refractivity contribution is 6.23. The lowest BCUT2D eigenvalue weighted by Crippen LogP contribution is -2.37. The molecule has 1 aliphatic heterocycles. The van der Waals surface area contributed by atoms with Crippen LogP contribution < -0.4 is 19.5 Å². The second-order valence-corrected chi connectivity index (χ2v) is 9.48. The molecule has 0 bridgehead atoms. The van der Waals surface area contributed by atoms with Gasteiger partial charge in [-0.05, 0) is 17.9 Å². The monoisotopic (exact) mass is 445 g/mol. The van der Waals surface area contributed by atoms with Gasteiger partial charge in [0.2, 0.25) is 5.75 Å². The lowest BCUT2D eigenvalue weighted by Gasteiger charge is -2.39. The molecule has 0 saturated carbocycles. The fraction of sp³-hybridized carbons (Fsp3) is 0.333. The smallest absolute Gasteiger partial charge is 0.203 e. The van der Waals surface area contributed by atoms with E-state index < -0.39 is 5.92 Å². The van der Waals surface area contributed by atoms with Crippen LogP contribution in [0.4, 0.5) is 0 Å². The predicted molar refractivity (Wildman–Crippen MR) is 125 cm³/mol. The van der Waals surface area contributed by atoms with Gasteiger partial charge in [-0.15, -0.1) is 0 Å². The van der Waals surface area contributed by atoms with E-state index in [0.717, 1.165) is 17.0 Å². The van der Waals surface area contributed by atoms with Crippen molar-refractivity contribution in [1.82, 2.24) is 5.32 Å². The van der Waals surface area contributed by atoms with Crippen LogP contribution in [0.5, 0.6) is 17.2 Å². The lowest BCUT2D eigenvalue weighted by atomic mass is 9.68. The number of carbonyl (C=O) groups excluding carboxylic acids is 2. The van der Waals surface area contributed by atoms with Gasteiger partial charge < -0.3 is 19.5 Å². The number of fused-ring (bicyclic) bond motifs is 2. The number of hydrogen-bond acceptors (Lipinski definition) is 6. The summed E-state index contributed by atoms with van der Waals surface area (Å²) in [5, 5.41) is 3.50. The summed E-state index contributed by atoms with van der Waals surface area (Å²) >= 11 is 0. The van der Waals surface area contributed by atoms with Gasteiger partial charge in [-0.1, -0.05) is 44.2 Å². The molecule has 0 fully saturated rings. The fourth-order valence-corrected chi connectivity index (χ4v) is 5.45. The first-order chi connectivity index (χ1) is 15.8. The van der Waals surface area contributed by atoms with Gasteiger partial charge in [0.05, 0.1) is 27.0 Å². The Balaban J connectivity index is 1.80. The van der Waals surface area contributed by atoms with E-state index in [1.54, 1.807) is 27.4 Å². The number of ketones is 2. The Morgan fingerprint density at radius 3 is 2.21 bits per heavy atom. The third-order valence-electron chi connectivity index (χ3n) is 6.77. The van der Waals surface area contributed by atoms with E-state index in [4.69, 9.17) is 14.2 Å². The van der Waals surface area contributed by atoms with Gasteiger partial charge in [0.25, 0.3) is 0 Å². The summed E-state index contributed by atoms with van der Waals surface area (Å²) in [6.45, 7) is 4.19. The summed E-state index contributed by atoms with van der Waals surface area (Å²) in [5.41, 5.74) is 4.92. The third-order valence-corrected chi connectivity index (χ3v) is 6.77. The maximum Gasteiger partial charge on any atom is 0.203 e. The molecule has 3 aliphatic rings. The number of dihydropyridines is 1. The molecule has 1 heterocycles. The molecule has 0 spiro atoms. The molecule has 0 aromatic heterocycles. The number of methoxy groups -OCH3 is 3. The Kier molecular flexibility index (Phi) is 4.85. The number of Topliss-reactive ketones (excluding diaryl/α,β-unsaturated/α-hetero) is 2. The van der Waals surface area contributed by atoms with Crippen LogP contribution in [-0.2, 0) is 4.79 Å². The Labute approximate surface area is 193 Å². The molecule has 1 N–H and O–H groups in total. The van der Waals surface area contributed by atoms with Gasteiger partial charge in [0.15, 0.2) is 23.1 Å². The predicted octanol–water partition coefficient (Wildman–Crippen LogP) is 4.65. The van der Waals surface area contributed by atoms with Crippen LogP contribution in [0.25, 0.3) is 5.70 Å². The van der Waals surface area contributed by atoms with Gasteiger partial charge in [0, 0.05) is 45.9 Å². The number of nitrogens with one attached hydrogen (secondary N) is 1. The summed E-state index contributed by atoms with van der Waals surface area (Å²) in [4.78, 5) is 27.2. The molecule has 6 heteroatoms. The number of allylic oxidation sites excluding steroid dienone is 3. The summed E-state index contributed by atoms with van der Waals surface area (Å²) in [6, 6.07) is 11.2. The van der Waals surface area contributed by atoms with E-state index in [2.05, 4.69) is 19.2 Å². The van der Waals surface area contributed by atoms with Crippen LogP contribution in [-0.4, -0.2) is 32.9 Å². The molecule has 2 aromatic rings. The van der Waals surface area contributed by atoms with Gasteiger partial charge >= 0.3 is 0 Å². The highest BCUT2D eigenvalue weighted by atomic mass is 16.5. The van der Waals surface area contributed by atoms with Crippen molar-refractivity contribution in [2.75, 3.05) is 21.3 Å². The van der Waals surface area contributed by atoms with Crippen molar-refractivity contribution >= 4 is 17.3 Å². The molecular formula is C27H27NO5. The van der Waals surface area contributed by atoms with Crippen molar-refractivity contribution in [2.24, 2.45) is 5.41 Å². The third kappa shape index (κ3) is 3.08. The van der Waals surface area contributed by atoms with Crippen molar-refractivity contribution in [1.29, 1.82) is 0 Å². The first-order valence-corrected chi connectivity index (χ1v) is 11.0. The minimum Gasteiger partial charge on any atom is -0.493 e. The van der Waals surface area contributed by atoms with Crippen molar-refractivity contribution in [2.45, 2.75) is 32.6 Å². The maximum atomic E-state index is 13.7. The van der Waals surface area contributed by atoms with Gasteiger partial charge in [-0.25, -0.2) is 0 Å². The summed E-state index contributed by atoms with van der Waals surface area (Å²) in [6.07, 6.45) is 1.14. The van der Waals surface area contributed by atoms with Crippen LogP contribution in [0.15, 0.2) is 53.2 Å². The second kappa shape index (κ2) is 7.51. The number of carbonyl (C=O) groups is 2. The number of hydrogen-bond donors (Lipinski definition) is 1. The Morgan fingerprint density at radius 2 is 1.55 bits per heavy atom. The van der Waals surface area contributed by atoms with Crippen molar-refractivity contribution in [3.8, 4) is 17.2 Å². The number of benzene rings is 2. The van der Waals surface area contributed by atoms with Crippen molar-refractivity contribution < 1.29 is 23.8 Å². The molecule has 0 saturated heterocycles. The molecule has 170 valence electrons. The normalized spacial score (nSPS) is 20.7. The number of rotatable bonds is 4. The Bertz CT molecular complexity index is 1270. The van der Waals surface area contributed by atoms with Gasteiger partial charge in [-0.2, -0.15) is 0 Å². The van der Waals surface area contributed by atoms with E-state index >= 15 is 0 Å². The van der Waals surface area contributed by atoms with E-state index in [-0.39, 0.29) is 17.0 Å². The SMILES string of the molecule is COc1ccc(C2C3=C(CC(C)(C)CC3=O)NC3=C2C(=O)c2ccccc23)c(OC)c1OC. The zero-order valence-electron chi connectivity index (χ0n) is 19.5. The maximum absolute atomic E-state index is 13.7. The van der Waals surface area contributed by atoms with Crippen LogP contribution in [0.3, 0.4) is 0 Å². The quantitative estimate of drug-likeness (QED) is 0.739. The molecule has 0 radical (unpaired) electrons. The Morgan fingerprint density at radius 1 is 0.848 bits per heavy atom. The minimum atomic E-state index is -0.561. The molecular weight excluding hydrogens is 418 g/mol. The zero-order chi connectivity index (χ0) is 23.5. The van der Waals surface area contributed by atoms with Gasteiger partial charge in [-0.3, -0.25) is 9.59 Å². The molecule has 1 atom stereocenters. The molecule has 1 unspecified atom stereocenters. The number of ether oxygens (including phenoxy) is 3. The molecule has 6 nitrogen and oxygen atoms in total. The average Bonchev–Trinajstić information content (AvgIpc) is 3.07. The van der Waals surface area contributed by atoms with Crippen molar-refractivity contribution in [3.05, 3.63) is 69.9 Å². The summed E-state index contributed by atoms with van der Waals surface area (Å²) in [5.74, 6) is 0.836. The lowest BCUT2D eigenvalue weighted by molar-refractivity contribution is -0.118. The molecule has 5 rings (SSSR count). The largest absolute Gasteiger partial charge is 0.493 e. The standard InChI is InChI=1S/C27H27NO5/c1-27(2)12-17-21(18(29)13-27)20(16-10-11-19(31-3)26(33-5)25(16)32-4)22-23(28-17)14-8-6-7-9-15(14)24(22)30/h6-11,20,28H,12-13H2,1-5H3. The van der Waals surface area contributed by atoms with Crippen molar-refractivity contribution in [3.63, 3.8) is 0 Å². The fourth-order valence-electron chi connectivity index (χ4n) is 5.45. The zero-order valence-corrected chi connectivity index (χ0v) is 19.5. The van der Waals surface area contributed by atoms with Crippen LogP contribution in [0.2, 0.25) is 0 Å². The minimum absolute atomic E-state index is 0.0471. The molecule has 33 heavy (non-hydrogen) atoms.